The highest BCUT2D eigenvalue weighted by atomic mass is 79.9. The summed E-state index contributed by atoms with van der Waals surface area (Å²) in [7, 11) is 0. The molecule has 1 nitrogen and oxygen atoms in total. The SMILES string of the molecule is CC(C)CNCC(c1ccc(Br)cc1)C(C)C. The molecule has 0 amide bonds. The largest absolute Gasteiger partial charge is 0.316 e. The Hall–Kier alpha value is -0.340. The summed E-state index contributed by atoms with van der Waals surface area (Å²) < 4.78 is 1.15. The molecule has 1 atom stereocenters. The first-order valence-electron chi connectivity index (χ1n) is 6.47. The van der Waals surface area contributed by atoms with Gasteiger partial charge in [0, 0.05) is 11.0 Å². The lowest BCUT2D eigenvalue weighted by atomic mass is 9.88. The van der Waals surface area contributed by atoms with Gasteiger partial charge in [-0.3, -0.25) is 0 Å². The van der Waals surface area contributed by atoms with Crippen molar-refractivity contribution in [2.75, 3.05) is 13.1 Å². The summed E-state index contributed by atoms with van der Waals surface area (Å²) in [4.78, 5) is 0. The van der Waals surface area contributed by atoms with E-state index >= 15 is 0 Å². The van der Waals surface area contributed by atoms with Crippen LogP contribution in [0.4, 0.5) is 0 Å². The molecule has 0 saturated heterocycles. The molecule has 1 aromatic carbocycles. The fraction of sp³-hybridized carbons (Fsp3) is 0.600. The predicted molar refractivity (Wildman–Crippen MR) is 79.4 cm³/mol. The van der Waals surface area contributed by atoms with E-state index in [-0.39, 0.29) is 0 Å². The molecular formula is C15H24BrN. The Morgan fingerprint density at radius 2 is 1.59 bits per heavy atom. The first-order valence-corrected chi connectivity index (χ1v) is 7.26. The van der Waals surface area contributed by atoms with E-state index < -0.39 is 0 Å². The van der Waals surface area contributed by atoms with Crippen molar-refractivity contribution in [1.82, 2.24) is 5.32 Å². The van der Waals surface area contributed by atoms with Crippen LogP contribution in [0.5, 0.6) is 0 Å². The fourth-order valence-electron chi connectivity index (χ4n) is 1.98. The minimum absolute atomic E-state index is 0.599. The number of benzene rings is 1. The van der Waals surface area contributed by atoms with Gasteiger partial charge >= 0.3 is 0 Å². The molecule has 0 aliphatic rings. The summed E-state index contributed by atoms with van der Waals surface area (Å²) in [6.45, 7) is 11.2. The van der Waals surface area contributed by atoms with E-state index in [1.165, 1.54) is 5.56 Å². The second-order valence-corrected chi connectivity index (χ2v) is 6.37. The monoisotopic (exact) mass is 297 g/mol. The molecule has 1 aromatic rings. The second-order valence-electron chi connectivity index (χ2n) is 5.45. The summed E-state index contributed by atoms with van der Waals surface area (Å²) in [5, 5.41) is 3.57. The molecule has 17 heavy (non-hydrogen) atoms. The molecule has 0 fully saturated rings. The van der Waals surface area contributed by atoms with Gasteiger partial charge in [0.1, 0.15) is 0 Å². The zero-order chi connectivity index (χ0) is 12.8. The summed E-state index contributed by atoms with van der Waals surface area (Å²) in [5.74, 6) is 1.98. The van der Waals surface area contributed by atoms with Crippen LogP contribution in [-0.4, -0.2) is 13.1 Å². The highest BCUT2D eigenvalue weighted by molar-refractivity contribution is 9.10. The summed E-state index contributed by atoms with van der Waals surface area (Å²) in [6, 6.07) is 8.72. The van der Waals surface area contributed by atoms with Crippen molar-refractivity contribution in [3.63, 3.8) is 0 Å². The van der Waals surface area contributed by atoms with Crippen LogP contribution in [0.2, 0.25) is 0 Å². The topological polar surface area (TPSA) is 12.0 Å². The van der Waals surface area contributed by atoms with Gasteiger partial charge in [0.15, 0.2) is 0 Å². The Balaban J connectivity index is 2.62. The van der Waals surface area contributed by atoms with Crippen LogP contribution in [0, 0.1) is 11.8 Å². The molecule has 2 heteroatoms. The molecule has 0 radical (unpaired) electrons. The lowest BCUT2D eigenvalue weighted by Gasteiger charge is -2.22. The zero-order valence-electron chi connectivity index (χ0n) is 11.3. The van der Waals surface area contributed by atoms with Gasteiger partial charge < -0.3 is 5.32 Å². The second kappa shape index (κ2) is 7.17. The molecule has 0 heterocycles. The first-order chi connectivity index (χ1) is 8.00. The molecule has 1 unspecified atom stereocenters. The lowest BCUT2D eigenvalue weighted by Crippen LogP contribution is -2.27. The molecule has 0 aliphatic heterocycles. The van der Waals surface area contributed by atoms with Crippen molar-refractivity contribution in [2.45, 2.75) is 33.6 Å². The lowest BCUT2D eigenvalue weighted by molar-refractivity contribution is 0.442. The molecule has 0 spiro atoms. The number of rotatable bonds is 6. The molecule has 1 N–H and O–H groups in total. The quantitative estimate of drug-likeness (QED) is 0.819. The third-order valence-electron chi connectivity index (χ3n) is 3.02. The first kappa shape index (κ1) is 14.7. The minimum atomic E-state index is 0.599. The van der Waals surface area contributed by atoms with Crippen LogP contribution >= 0.6 is 15.9 Å². The predicted octanol–water partition coefficient (Wildman–Crippen LogP) is 4.43. The fourth-order valence-corrected chi connectivity index (χ4v) is 2.24. The van der Waals surface area contributed by atoms with E-state index in [4.69, 9.17) is 0 Å². The van der Waals surface area contributed by atoms with Crippen molar-refractivity contribution < 1.29 is 0 Å². The third kappa shape index (κ3) is 5.22. The van der Waals surface area contributed by atoms with Gasteiger partial charge in [-0.2, -0.15) is 0 Å². The van der Waals surface area contributed by atoms with E-state index in [0.717, 1.165) is 17.6 Å². The molecule has 96 valence electrons. The Morgan fingerprint density at radius 3 is 2.06 bits per heavy atom. The van der Waals surface area contributed by atoms with Crippen LogP contribution < -0.4 is 5.32 Å². The van der Waals surface area contributed by atoms with Crippen molar-refractivity contribution in [3.8, 4) is 0 Å². The van der Waals surface area contributed by atoms with Crippen molar-refractivity contribution in [3.05, 3.63) is 34.3 Å². The minimum Gasteiger partial charge on any atom is -0.316 e. The summed E-state index contributed by atoms with van der Waals surface area (Å²) in [5.41, 5.74) is 1.43. The molecule has 1 rings (SSSR count). The number of halogens is 1. The van der Waals surface area contributed by atoms with Crippen LogP contribution in [0.15, 0.2) is 28.7 Å². The van der Waals surface area contributed by atoms with E-state index in [0.29, 0.717) is 17.8 Å². The maximum absolute atomic E-state index is 3.57. The Morgan fingerprint density at radius 1 is 1.00 bits per heavy atom. The Labute approximate surface area is 114 Å². The Bertz CT molecular complexity index is 316. The third-order valence-corrected chi connectivity index (χ3v) is 3.55. The number of hydrogen-bond donors (Lipinski definition) is 1. The van der Waals surface area contributed by atoms with Gasteiger partial charge in [0.2, 0.25) is 0 Å². The van der Waals surface area contributed by atoms with Crippen LogP contribution in [0.1, 0.15) is 39.2 Å². The van der Waals surface area contributed by atoms with Gasteiger partial charge in [0.05, 0.1) is 0 Å². The van der Waals surface area contributed by atoms with E-state index in [1.54, 1.807) is 0 Å². The zero-order valence-corrected chi connectivity index (χ0v) is 12.9. The average molecular weight is 298 g/mol. The summed E-state index contributed by atoms with van der Waals surface area (Å²) in [6.07, 6.45) is 0. The van der Waals surface area contributed by atoms with Crippen molar-refractivity contribution in [2.24, 2.45) is 11.8 Å². The molecule has 0 saturated carbocycles. The van der Waals surface area contributed by atoms with Crippen LogP contribution in [-0.2, 0) is 0 Å². The highest BCUT2D eigenvalue weighted by Crippen LogP contribution is 2.25. The number of nitrogens with one attached hydrogen (secondary N) is 1. The normalized spacial score (nSPS) is 13.4. The van der Waals surface area contributed by atoms with Crippen LogP contribution in [0.25, 0.3) is 0 Å². The standard InChI is InChI=1S/C15H24BrN/c1-11(2)9-17-10-15(12(3)4)13-5-7-14(16)8-6-13/h5-8,11-12,15,17H,9-10H2,1-4H3. The number of hydrogen-bond acceptors (Lipinski definition) is 1. The van der Waals surface area contributed by atoms with E-state index in [9.17, 15) is 0 Å². The maximum Gasteiger partial charge on any atom is 0.0175 e. The van der Waals surface area contributed by atoms with Crippen molar-refractivity contribution in [1.29, 1.82) is 0 Å². The van der Waals surface area contributed by atoms with Gasteiger partial charge in [-0.1, -0.05) is 55.8 Å². The van der Waals surface area contributed by atoms with E-state index in [2.05, 4.69) is 73.2 Å². The van der Waals surface area contributed by atoms with Gasteiger partial charge in [-0.25, -0.2) is 0 Å². The molecule has 0 aliphatic carbocycles. The molecule has 0 aromatic heterocycles. The van der Waals surface area contributed by atoms with E-state index in [1.807, 2.05) is 0 Å². The van der Waals surface area contributed by atoms with Gasteiger partial charge in [0.25, 0.3) is 0 Å². The van der Waals surface area contributed by atoms with Gasteiger partial charge in [-0.15, -0.1) is 0 Å². The maximum atomic E-state index is 3.57. The summed E-state index contributed by atoms with van der Waals surface area (Å²) >= 11 is 3.49. The highest BCUT2D eigenvalue weighted by Gasteiger charge is 2.15. The Kier molecular flexibility index (Phi) is 6.21. The van der Waals surface area contributed by atoms with Crippen LogP contribution in [0.3, 0.4) is 0 Å². The smallest absolute Gasteiger partial charge is 0.0175 e. The molecule has 0 bridgehead atoms. The van der Waals surface area contributed by atoms with Crippen molar-refractivity contribution >= 4 is 15.9 Å². The molecular weight excluding hydrogens is 274 g/mol. The average Bonchev–Trinajstić information content (AvgIpc) is 2.25. The van der Waals surface area contributed by atoms with Gasteiger partial charge in [-0.05, 0) is 42.0 Å².